The number of hydrogen-bond acceptors (Lipinski definition) is 2. The van der Waals surface area contributed by atoms with Crippen molar-refractivity contribution in [3.63, 3.8) is 0 Å². The second-order valence-corrected chi connectivity index (χ2v) is 4.46. The minimum atomic E-state index is -0.397. The van der Waals surface area contributed by atoms with Crippen LogP contribution in [0.4, 0.5) is 0 Å². The first-order valence-electron chi connectivity index (χ1n) is 5.33. The van der Waals surface area contributed by atoms with E-state index >= 15 is 0 Å². The Labute approximate surface area is 115 Å². The highest BCUT2D eigenvalue weighted by molar-refractivity contribution is 6.35. The van der Waals surface area contributed by atoms with Crippen LogP contribution in [0.3, 0.4) is 0 Å². The van der Waals surface area contributed by atoms with E-state index in [1.807, 2.05) is 6.07 Å². The molecule has 0 aliphatic heterocycles. The van der Waals surface area contributed by atoms with Gasteiger partial charge in [-0.2, -0.15) is 0 Å². The van der Waals surface area contributed by atoms with Gasteiger partial charge in [0.1, 0.15) is 6.61 Å². The normalized spacial score (nSPS) is 10.1. The van der Waals surface area contributed by atoms with Gasteiger partial charge >= 0.3 is 5.97 Å². The van der Waals surface area contributed by atoms with Gasteiger partial charge in [-0.15, -0.1) is 0 Å². The van der Waals surface area contributed by atoms with Crippen molar-refractivity contribution in [2.45, 2.75) is 6.61 Å². The number of carbonyl (C=O) groups is 1. The predicted molar refractivity (Wildman–Crippen MR) is 72.0 cm³/mol. The third kappa shape index (κ3) is 3.03. The molecule has 0 saturated carbocycles. The summed E-state index contributed by atoms with van der Waals surface area (Å²) in [6.45, 7) is 0.0617. The fraction of sp³-hybridized carbons (Fsp3) is 0.0714. The molecule has 0 amide bonds. The zero-order chi connectivity index (χ0) is 13.0. The summed E-state index contributed by atoms with van der Waals surface area (Å²) in [6, 6.07) is 13.9. The molecule has 2 nitrogen and oxygen atoms in total. The Morgan fingerprint density at radius 1 is 0.944 bits per heavy atom. The molecular weight excluding hydrogens is 271 g/mol. The molecule has 0 N–H and O–H groups in total. The van der Waals surface area contributed by atoms with Crippen LogP contribution >= 0.6 is 23.2 Å². The Hall–Kier alpha value is -1.51. The van der Waals surface area contributed by atoms with Gasteiger partial charge < -0.3 is 4.74 Å². The first-order chi connectivity index (χ1) is 8.68. The zero-order valence-corrected chi connectivity index (χ0v) is 10.9. The third-order valence-electron chi connectivity index (χ3n) is 2.42. The van der Waals surface area contributed by atoms with Gasteiger partial charge in [-0.1, -0.05) is 47.5 Å². The van der Waals surface area contributed by atoms with Crippen molar-refractivity contribution in [2.75, 3.05) is 0 Å². The highest BCUT2D eigenvalue weighted by atomic mass is 35.5. The summed E-state index contributed by atoms with van der Waals surface area (Å²) in [6.07, 6.45) is 0. The molecule has 0 heterocycles. The number of esters is 1. The molecule has 92 valence electrons. The van der Waals surface area contributed by atoms with Crippen LogP contribution in [0, 0.1) is 0 Å². The SMILES string of the molecule is O=C(OCc1c(Cl)cccc1Cl)c1ccccc1. The largest absolute Gasteiger partial charge is 0.457 e. The average molecular weight is 281 g/mol. The van der Waals surface area contributed by atoms with E-state index in [2.05, 4.69) is 0 Å². The van der Waals surface area contributed by atoms with E-state index in [-0.39, 0.29) is 6.61 Å². The molecule has 0 saturated heterocycles. The monoisotopic (exact) mass is 280 g/mol. The molecule has 0 unspecified atom stereocenters. The van der Waals surface area contributed by atoms with Gasteiger partial charge in [-0.05, 0) is 24.3 Å². The number of carbonyl (C=O) groups excluding carboxylic acids is 1. The minimum absolute atomic E-state index is 0.0617. The van der Waals surface area contributed by atoms with E-state index in [0.717, 1.165) is 0 Å². The van der Waals surface area contributed by atoms with Gasteiger partial charge in [-0.25, -0.2) is 4.79 Å². The van der Waals surface area contributed by atoms with Crippen LogP contribution in [0.15, 0.2) is 48.5 Å². The summed E-state index contributed by atoms with van der Waals surface area (Å²) in [5, 5.41) is 0.978. The van der Waals surface area contributed by atoms with Crippen LogP contribution in [0.2, 0.25) is 10.0 Å². The summed E-state index contributed by atoms with van der Waals surface area (Å²) >= 11 is 12.0. The molecular formula is C14H10Cl2O2. The minimum Gasteiger partial charge on any atom is -0.457 e. The summed E-state index contributed by atoms with van der Waals surface area (Å²) < 4.78 is 5.17. The number of ether oxygens (including phenoxy) is 1. The van der Waals surface area contributed by atoms with E-state index in [0.29, 0.717) is 21.2 Å². The summed E-state index contributed by atoms with van der Waals surface area (Å²) in [5.74, 6) is -0.397. The molecule has 2 aromatic carbocycles. The first kappa shape index (κ1) is 12.9. The Morgan fingerprint density at radius 2 is 1.56 bits per heavy atom. The molecule has 2 rings (SSSR count). The number of benzene rings is 2. The van der Waals surface area contributed by atoms with Gasteiger partial charge in [0, 0.05) is 15.6 Å². The van der Waals surface area contributed by atoms with Crippen LogP contribution in [-0.2, 0) is 11.3 Å². The van der Waals surface area contributed by atoms with Gasteiger partial charge in [0.2, 0.25) is 0 Å². The summed E-state index contributed by atoms with van der Waals surface area (Å²) in [5.41, 5.74) is 1.12. The molecule has 18 heavy (non-hydrogen) atoms. The van der Waals surface area contributed by atoms with Crippen molar-refractivity contribution in [3.8, 4) is 0 Å². The molecule has 0 radical (unpaired) electrons. The molecule has 0 spiro atoms. The Bertz CT molecular complexity index is 533. The van der Waals surface area contributed by atoms with E-state index < -0.39 is 5.97 Å². The van der Waals surface area contributed by atoms with Crippen LogP contribution in [0.1, 0.15) is 15.9 Å². The topological polar surface area (TPSA) is 26.3 Å². The lowest BCUT2D eigenvalue weighted by Gasteiger charge is -2.08. The Morgan fingerprint density at radius 3 is 2.17 bits per heavy atom. The molecule has 4 heteroatoms. The molecule has 0 aromatic heterocycles. The maximum absolute atomic E-state index is 11.7. The maximum atomic E-state index is 11.7. The maximum Gasteiger partial charge on any atom is 0.338 e. The number of hydrogen-bond donors (Lipinski definition) is 0. The van der Waals surface area contributed by atoms with Crippen molar-refractivity contribution in [1.82, 2.24) is 0 Å². The van der Waals surface area contributed by atoms with Crippen LogP contribution < -0.4 is 0 Å². The van der Waals surface area contributed by atoms with Crippen LogP contribution in [-0.4, -0.2) is 5.97 Å². The second kappa shape index (κ2) is 5.89. The first-order valence-corrected chi connectivity index (χ1v) is 6.09. The quantitative estimate of drug-likeness (QED) is 0.782. The fourth-order valence-electron chi connectivity index (χ4n) is 1.47. The molecule has 2 aromatic rings. The fourth-order valence-corrected chi connectivity index (χ4v) is 1.97. The number of rotatable bonds is 3. The van der Waals surface area contributed by atoms with Gasteiger partial charge in [0.25, 0.3) is 0 Å². The molecule has 0 fully saturated rings. The Balaban J connectivity index is 2.07. The molecule has 0 atom stereocenters. The summed E-state index contributed by atoms with van der Waals surface area (Å²) in [4.78, 5) is 11.7. The number of halogens is 2. The summed E-state index contributed by atoms with van der Waals surface area (Å²) in [7, 11) is 0. The average Bonchev–Trinajstić information content (AvgIpc) is 2.39. The molecule has 0 aliphatic rings. The van der Waals surface area contributed by atoms with Crippen molar-refractivity contribution in [3.05, 3.63) is 69.7 Å². The van der Waals surface area contributed by atoms with Gasteiger partial charge in [-0.3, -0.25) is 0 Å². The van der Waals surface area contributed by atoms with Crippen molar-refractivity contribution >= 4 is 29.2 Å². The van der Waals surface area contributed by atoms with Crippen molar-refractivity contribution in [1.29, 1.82) is 0 Å². The lowest BCUT2D eigenvalue weighted by molar-refractivity contribution is 0.0473. The lowest BCUT2D eigenvalue weighted by atomic mass is 10.2. The zero-order valence-electron chi connectivity index (χ0n) is 9.40. The second-order valence-electron chi connectivity index (χ2n) is 3.64. The van der Waals surface area contributed by atoms with Crippen molar-refractivity contribution in [2.24, 2.45) is 0 Å². The van der Waals surface area contributed by atoms with Gasteiger partial charge in [0.15, 0.2) is 0 Å². The predicted octanol–water partition coefficient (Wildman–Crippen LogP) is 4.35. The molecule has 0 aliphatic carbocycles. The van der Waals surface area contributed by atoms with E-state index in [9.17, 15) is 4.79 Å². The van der Waals surface area contributed by atoms with Crippen LogP contribution in [0.5, 0.6) is 0 Å². The van der Waals surface area contributed by atoms with E-state index in [1.54, 1.807) is 42.5 Å². The standard InChI is InChI=1S/C14H10Cl2O2/c15-12-7-4-8-13(16)11(12)9-18-14(17)10-5-2-1-3-6-10/h1-8H,9H2. The smallest absolute Gasteiger partial charge is 0.338 e. The van der Waals surface area contributed by atoms with E-state index in [4.69, 9.17) is 27.9 Å². The van der Waals surface area contributed by atoms with E-state index in [1.165, 1.54) is 0 Å². The highest BCUT2D eigenvalue weighted by Crippen LogP contribution is 2.25. The Kier molecular flexibility index (Phi) is 4.24. The van der Waals surface area contributed by atoms with Crippen molar-refractivity contribution < 1.29 is 9.53 Å². The third-order valence-corrected chi connectivity index (χ3v) is 3.13. The van der Waals surface area contributed by atoms with Gasteiger partial charge in [0.05, 0.1) is 5.56 Å². The molecule has 0 bridgehead atoms. The lowest BCUT2D eigenvalue weighted by Crippen LogP contribution is -2.05. The highest BCUT2D eigenvalue weighted by Gasteiger charge is 2.10. The van der Waals surface area contributed by atoms with Crippen LogP contribution in [0.25, 0.3) is 0 Å².